The minimum Gasteiger partial charge on any atom is -0.393 e. The van der Waals surface area contributed by atoms with E-state index in [-0.39, 0.29) is 22.3 Å². The van der Waals surface area contributed by atoms with Crippen LogP contribution in [0.5, 0.6) is 0 Å². The predicted molar refractivity (Wildman–Crippen MR) is 113 cm³/mol. The zero-order chi connectivity index (χ0) is 21.1. The maximum absolute atomic E-state index is 12.7. The van der Waals surface area contributed by atoms with Crippen LogP contribution in [-0.2, 0) is 14.3 Å². The van der Waals surface area contributed by atoms with Gasteiger partial charge in [-0.2, -0.15) is 0 Å². The Morgan fingerprint density at radius 1 is 1.21 bits per heavy atom. The van der Waals surface area contributed by atoms with Crippen molar-refractivity contribution in [1.82, 2.24) is 0 Å². The molecule has 0 amide bonds. The van der Waals surface area contributed by atoms with Gasteiger partial charge in [0, 0.05) is 23.7 Å². The van der Waals surface area contributed by atoms with Crippen molar-refractivity contribution in [2.24, 2.45) is 34.0 Å². The fraction of sp³-hybridized carbons (Fsp3) is 0.880. The Bertz CT molecular complexity index is 670. The first-order valence-electron chi connectivity index (χ1n) is 11.7. The average molecular weight is 405 g/mol. The highest BCUT2D eigenvalue weighted by atomic mass is 16.7. The van der Waals surface area contributed by atoms with E-state index in [1.165, 1.54) is 11.9 Å². The number of allylic oxidation sites excluding steroid dienone is 2. The lowest BCUT2D eigenvalue weighted by atomic mass is 9.47. The minimum absolute atomic E-state index is 0.0633. The molecule has 2 saturated carbocycles. The summed E-state index contributed by atoms with van der Waals surface area (Å²) in [6.07, 6.45) is 9.80. The molecule has 164 valence electrons. The number of carbonyl (C=O) groups is 1. The molecule has 3 fully saturated rings. The van der Waals surface area contributed by atoms with Gasteiger partial charge in [-0.3, -0.25) is 0 Å². The Morgan fingerprint density at radius 3 is 2.48 bits per heavy atom. The van der Waals surface area contributed by atoms with Crippen LogP contribution in [0.1, 0.15) is 79.6 Å². The maximum atomic E-state index is 12.7. The summed E-state index contributed by atoms with van der Waals surface area (Å²) < 4.78 is 12.6. The van der Waals surface area contributed by atoms with Gasteiger partial charge in [0.2, 0.25) is 0 Å². The fourth-order valence-corrected chi connectivity index (χ4v) is 7.04. The first-order chi connectivity index (χ1) is 13.6. The second-order valence-corrected chi connectivity index (χ2v) is 11.5. The lowest BCUT2D eigenvalue weighted by Crippen LogP contribution is -2.58. The van der Waals surface area contributed by atoms with Gasteiger partial charge in [0.05, 0.1) is 24.7 Å². The summed E-state index contributed by atoms with van der Waals surface area (Å²) in [5.74, 6) is 0.647. The van der Waals surface area contributed by atoms with E-state index >= 15 is 0 Å². The molecule has 3 aliphatic carbocycles. The molecule has 0 bridgehead atoms. The third-order valence-corrected chi connectivity index (χ3v) is 9.12. The fourth-order valence-electron chi connectivity index (χ4n) is 7.04. The van der Waals surface area contributed by atoms with Crippen LogP contribution >= 0.6 is 0 Å². The second-order valence-electron chi connectivity index (χ2n) is 11.5. The summed E-state index contributed by atoms with van der Waals surface area (Å²) >= 11 is 0. The van der Waals surface area contributed by atoms with E-state index in [1.54, 1.807) is 0 Å². The van der Waals surface area contributed by atoms with Crippen LogP contribution in [0.2, 0.25) is 0 Å². The molecule has 1 spiro atoms. The highest BCUT2D eigenvalue weighted by Gasteiger charge is 2.59. The molecule has 0 aromatic heterocycles. The smallest absolute Gasteiger partial charge is 0.168 e. The molecule has 0 aromatic rings. The van der Waals surface area contributed by atoms with Crippen LogP contribution in [0.4, 0.5) is 0 Å². The molecule has 6 atom stereocenters. The number of aliphatic hydroxyl groups excluding tert-OH is 1. The Labute approximate surface area is 176 Å². The molecular formula is C25H40O4. The number of ether oxygens (including phenoxy) is 2. The van der Waals surface area contributed by atoms with Crippen molar-refractivity contribution in [3.8, 4) is 0 Å². The Balaban J connectivity index is 1.63. The molecule has 4 heteroatoms. The quantitative estimate of drug-likeness (QED) is 0.537. The normalized spacial score (nSPS) is 44.3. The van der Waals surface area contributed by atoms with Gasteiger partial charge in [-0.25, -0.2) is 0 Å². The third-order valence-electron chi connectivity index (χ3n) is 9.12. The summed E-state index contributed by atoms with van der Waals surface area (Å²) in [5.41, 5.74) is 0.978. The van der Waals surface area contributed by atoms with E-state index in [0.29, 0.717) is 17.8 Å². The maximum Gasteiger partial charge on any atom is 0.168 e. The molecule has 0 aromatic carbocycles. The molecule has 4 aliphatic rings. The van der Waals surface area contributed by atoms with E-state index in [9.17, 15) is 9.90 Å². The number of aliphatic hydroxyl groups is 1. The van der Waals surface area contributed by atoms with Gasteiger partial charge in [-0.15, -0.1) is 0 Å². The van der Waals surface area contributed by atoms with E-state index in [1.807, 2.05) is 6.92 Å². The van der Waals surface area contributed by atoms with Crippen LogP contribution in [0.25, 0.3) is 0 Å². The lowest BCUT2D eigenvalue weighted by Gasteiger charge is -2.59. The molecule has 4 rings (SSSR count). The van der Waals surface area contributed by atoms with Gasteiger partial charge in [0.25, 0.3) is 0 Å². The first kappa shape index (κ1) is 21.5. The van der Waals surface area contributed by atoms with Gasteiger partial charge >= 0.3 is 0 Å². The number of fused-ring (bicyclic) bond motifs is 3. The Morgan fingerprint density at radius 2 is 1.90 bits per heavy atom. The molecular weight excluding hydrogens is 364 g/mol. The van der Waals surface area contributed by atoms with Gasteiger partial charge in [0.1, 0.15) is 6.29 Å². The SMILES string of the molecule is CCC1C2CCC3CC4(CCC3(C=O)C2=CCC1(C)C(C)O)OCC(C)(C)CO4. The van der Waals surface area contributed by atoms with Crippen molar-refractivity contribution in [2.75, 3.05) is 13.2 Å². The Hall–Kier alpha value is -0.710. The second kappa shape index (κ2) is 7.17. The molecule has 1 saturated heterocycles. The lowest BCUT2D eigenvalue weighted by molar-refractivity contribution is -0.322. The molecule has 1 aliphatic heterocycles. The topological polar surface area (TPSA) is 55.8 Å². The Kier molecular flexibility index (Phi) is 5.32. The zero-order valence-corrected chi connectivity index (χ0v) is 19.0. The van der Waals surface area contributed by atoms with Crippen molar-refractivity contribution >= 4 is 6.29 Å². The summed E-state index contributed by atoms with van der Waals surface area (Å²) in [5, 5.41) is 10.6. The number of hydrogen-bond donors (Lipinski definition) is 1. The molecule has 1 N–H and O–H groups in total. The van der Waals surface area contributed by atoms with Gasteiger partial charge in [0.15, 0.2) is 5.79 Å². The van der Waals surface area contributed by atoms with Gasteiger partial charge in [-0.05, 0) is 50.4 Å². The van der Waals surface area contributed by atoms with Crippen LogP contribution in [0.15, 0.2) is 11.6 Å². The summed E-state index contributed by atoms with van der Waals surface area (Å²) in [6, 6.07) is 0. The molecule has 1 heterocycles. The predicted octanol–water partition coefficient (Wildman–Crippen LogP) is 4.89. The number of aldehydes is 1. The molecule has 6 unspecified atom stereocenters. The third kappa shape index (κ3) is 3.25. The van der Waals surface area contributed by atoms with E-state index < -0.39 is 5.79 Å². The zero-order valence-electron chi connectivity index (χ0n) is 19.0. The number of hydrogen-bond acceptors (Lipinski definition) is 4. The van der Waals surface area contributed by atoms with Gasteiger partial charge in [-0.1, -0.05) is 45.8 Å². The number of carbonyl (C=O) groups excluding carboxylic acids is 1. The van der Waals surface area contributed by atoms with Crippen molar-refractivity contribution in [2.45, 2.75) is 91.5 Å². The van der Waals surface area contributed by atoms with E-state index in [4.69, 9.17) is 9.47 Å². The molecule has 0 radical (unpaired) electrons. The highest BCUT2D eigenvalue weighted by Crippen LogP contribution is 2.63. The number of rotatable bonds is 3. The van der Waals surface area contributed by atoms with E-state index in [0.717, 1.165) is 58.2 Å². The molecule has 4 nitrogen and oxygen atoms in total. The standard InChI is InChI=1S/C25H40O4/c1-6-20-19-8-7-18-13-25(28-15-22(3,4)16-29-25)12-11-24(18,14-26)21(19)9-10-23(20,5)17(2)27/h9,14,17-20,27H,6-8,10-13,15-16H2,1-5H3. The molecule has 29 heavy (non-hydrogen) atoms. The van der Waals surface area contributed by atoms with Crippen molar-refractivity contribution in [1.29, 1.82) is 0 Å². The average Bonchev–Trinajstić information content (AvgIpc) is 2.70. The highest BCUT2D eigenvalue weighted by molar-refractivity contribution is 5.67. The van der Waals surface area contributed by atoms with Crippen molar-refractivity contribution in [3.05, 3.63) is 11.6 Å². The van der Waals surface area contributed by atoms with Crippen molar-refractivity contribution in [3.63, 3.8) is 0 Å². The summed E-state index contributed by atoms with van der Waals surface area (Å²) in [6.45, 7) is 12.2. The van der Waals surface area contributed by atoms with Gasteiger partial charge < -0.3 is 19.4 Å². The largest absolute Gasteiger partial charge is 0.393 e. The summed E-state index contributed by atoms with van der Waals surface area (Å²) in [7, 11) is 0. The van der Waals surface area contributed by atoms with Crippen LogP contribution < -0.4 is 0 Å². The van der Waals surface area contributed by atoms with E-state index in [2.05, 4.69) is 33.8 Å². The monoisotopic (exact) mass is 404 g/mol. The van der Waals surface area contributed by atoms with Crippen LogP contribution in [0.3, 0.4) is 0 Å². The van der Waals surface area contributed by atoms with Crippen LogP contribution in [-0.4, -0.2) is 36.5 Å². The minimum atomic E-state index is -0.493. The van der Waals surface area contributed by atoms with Crippen LogP contribution in [0, 0.1) is 34.0 Å². The first-order valence-corrected chi connectivity index (χ1v) is 11.7. The summed E-state index contributed by atoms with van der Waals surface area (Å²) in [4.78, 5) is 12.7. The van der Waals surface area contributed by atoms with Crippen molar-refractivity contribution < 1.29 is 19.4 Å².